The molecule has 0 spiro atoms. The fraction of sp³-hybridized carbons (Fsp3) is 0.500. The molecule has 0 bridgehead atoms. The van der Waals surface area contributed by atoms with Crippen molar-refractivity contribution in [2.45, 2.75) is 37.5 Å². The van der Waals surface area contributed by atoms with Crippen molar-refractivity contribution in [2.75, 3.05) is 0 Å². The predicted octanol–water partition coefficient (Wildman–Crippen LogP) is 2.08. The molecule has 0 aliphatic carbocycles. The van der Waals surface area contributed by atoms with E-state index in [0.29, 0.717) is 19.3 Å². The van der Waals surface area contributed by atoms with Crippen LogP contribution < -0.4 is 10.5 Å². The average Bonchev–Trinajstić information content (AvgIpc) is 2.40. The summed E-state index contributed by atoms with van der Waals surface area (Å²) in [5.74, 6) is 0.0691. The van der Waals surface area contributed by atoms with Crippen LogP contribution in [0.25, 0.3) is 0 Å². The number of hydrogen-bond acceptors (Lipinski definition) is 3. The van der Waals surface area contributed by atoms with Crippen LogP contribution in [0, 0.1) is 5.92 Å². The van der Waals surface area contributed by atoms with Gasteiger partial charge < -0.3 is 5.32 Å². The van der Waals surface area contributed by atoms with E-state index < -0.39 is 15.3 Å². The van der Waals surface area contributed by atoms with Crippen molar-refractivity contribution in [1.29, 1.82) is 0 Å². The van der Waals surface area contributed by atoms with Crippen LogP contribution in [0.2, 0.25) is 0 Å². The molecule has 1 aromatic rings. The molecule has 1 saturated heterocycles. The Hall–Kier alpha value is -0.920. The molecule has 1 aliphatic heterocycles. The number of halogens is 1. The van der Waals surface area contributed by atoms with Gasteiger partial charge in [0.2, 0.25) is 15.9 Å². The topological polar surface area (TPSA) is 89.3 Å². The lowest BCUT2D eigenvalue weighted by Gasteiger charge is -2.34. The van der Waals surface area contributed by atoms with E-state index in [0.717, 1.165) is 10.0 Å². The summed E-state index contributed by atoms with van der Waals surface area (Å²) in [4.78, 5) is 11.7. The van der Waals surface area contributed by atoms with Gasteiger partial charge in [0.1, 0.15) is 0 Å². The summed E-state index contributed by atoms with van der Waals surface area (Å²) in [6, 6.07) is 7.54. The highest BCUT2D eigenvalue weighted by Crippen LogP contribution is 2.34. The maximum atomic E-state index is 11.7. The second-order valence-electron chi connectivity index (χ2n) is 5.53. The van der Waals surface area contributed by atoms with E-state index in [9.17, 15) is 13.2 Å². The van der Waals surface area contributed by atoms with Crippen molar-refractivity contribution in [3.05, 3.63) is 34.3 Å². The minimum atomic E-state index is -3.55. The Morgan fingerprint density at radius 1 is 1.38 bits per heavy atom. The van der Waals surface area contributed by atoms with Gasteiger partial charge in [0.25, 0.3) is 0 Å². The predicted molar refractivity (Wildman–Crippen MR) is 84.9 cm³/mol. The molecule has 1 aliphatic rings. The van der Waals surface area contributed by atoms with E-state index in [1.807, 2.05) is 24.3 Å². The zero-order valence-corrected chi connectivity index (χ0v) is 14.2. The highest BCUT2D eigenvalue weighted by atomic mass is 79.9. The first kappa shape index (κ1) is 16.5. The number of sulfonamides is 1. The molecule has 7 heteroatoms. The van der Waals surface area contributed by atoms with Gasteiger partial charge in [0.15, 0.2) is 0 Å². The fourth-order valence-electron chi connectivity index (χ4n) is 2.69. The molecule has 0 saturated carbocycles. The third-order valence-electron chi connectivity index (χ3n) is 3.95. The molecule has 116 valence electrons. The van der Waals surface area contributed by atoms with Crippen LogP contribution in [0.15, 0.2) is 28.7 Å². The lowest BCUT2D eigenvalue weighted by molar-refractivity contribution is -0.124. The number of hydrogen-bond donors (Lipinski definition) is 2. The number of primary sulfonamides is 1. The monoisotopic (exact) mass is 374 g/mol. The maximum absolute atomic E-state index is 11.7. The lowest BCUT2D eigenvalue weighted by atomic mass is 9.83. The number of carbonyl (C=O) groups is 1. The molecule has 0 radical (unpaired) electrons. The van der Waals surface area contributed by atoms with Crippen molar-refractivity contribution < 1.29 is 13.2 Å². The Kier molecular flexibility index (Phi) is 5.06. The highest BCUT2D eigenvalue weighted by Gasteiger charge is 2.32. The quantitative estimate of drug-likeness (QED) is 0.845. The molecular formula is C14H19BrN2O3S. The lowest BCUT2D eigenvalue weighted by Crippen LogP contribution is -2.40. The van der Waals surface area contributed by atoms with E-state index in [1.54, 1.807) is 6.92 Å². The Bertz CT molecular complexity index is 616. The first-order valence-electron chi connectivity index (χ1n) is 6.84. The van der Waals surface area contributed by atoms with Crippen LogP contribution in [-0.2, 0) is 14.8 Å². The van der Waals surface area contributed by atoms with Crippen LogP contribution in [-0.4, -0.2) is 19.6 Å². The van der Waals surface area contributed by atoms with E-state index in [2.05, 4.69) is 21.2 Å². The SMILES string of the molecule is CC(C[C@@H]1CCC(=O)N[C@H]1c1ccc(Br)cc1)S(N)(=O)=O. The first-order chi connectivity index (χ1) is 9.77. The number of nitrogens with one attached hydrogen (secondary N) is 1. The number of piperidine rings is 1. The number of nitrogens with two attached hydrogens (primary N) is 1. The summed E-state index contributed by atoms with van der Waals surface area (Å²) < 4.78 is 23.8. The summed E-state index contributed by atoms with van der Waals surface area (Å²) in [6.07, 6.45) is 1.54. The third-order valence-corrected chi connectivity index (χ3v) is 5.80. The Balaban J connectivity index is 2.21. The molecule has 1 fully saturated rings. The van der Waals surface area contributed by atoms with Crippen LogP contribution in [0.4, 0.5) is 0 Å². The zero-order chi connectivity index (χ0) is 15.6. The molecule has 1 unspecified atom stereocenters. The van der Waals surface area contributed by atoms with Gasteiger partial charge in [-0.1, -0.05) is 28.1 Å². The standard InChI is InChI=1S/C14H19BrN2O3S/c1-9(21(16,19)20)8-11-4-7-13(18)17-14(11)10-2-5-12(15)6-3-10/h2-3,5-6,9,11,14H,4,7-8H2,1H3,(H,17,18)(H2,16,19,20)/t9?,11-,14-/m0/s1. The Labute approximate surface area is 133 Å². The molecular weight excluding hydrogens is 356 g/mol. The van der Waals surface area contributed by atoms with Gasteiger partial charge in [0.05, 0.1) is 11.3 Å². The van der Waals surface area contributed by atoms with Gasteiger partial charge in [-0.25, -0.2) is 13.6 Å². The molecule has 5 nitrogen and oxygen atoms in total. The average molecular weight is 375 g/mol. The molecule has 1 heterocycles. The molecule has 1 aromatic carbocycles. The van der Waals surface area contributed by atoms with Gasteiger partial charge in [-0.15, -0.1) is 0 Å². The number of amides is 1. The Morgan fingerprint density at radius 3 is 2.57 bits per heavy atom. The van der Waals surface area contributed by atoms with Crippen LogP contribution in [0.3, 0.4) is 0 Å². The first-order valence-corrected chi connectivity index (χ1v) is 9.24. The normalized spacial score (nSPS) is 24.4. The van der Waals surface area contributed by atoms with Crippen molar-refractivity contribution in [1.82, 2.24) is 5.32 Å². The summed E-state index contributed by atoms with van der Waals surface area (Å²) in [6.45, 7) is 1.62. The fourth-order valence-corrected chi connectivity index (χ4v) is 3.47. The molecule has 3 N–H and O–H groups in total. The number of rotatable bonds is 4. The molecule has 21 heavy (non-hydrogen) atoms. The molecule has 1 amide bonds. The van der Waals surface area contributed by atoms with Gasteiger partial charge in [-0.2, -0.15) is 0 Å². The molecule has 3 atom stereocenters. The second-order valence-corrected chi connectivity index (χ2v) is 8.43. The van der Waals surface area contributed by atoms with Crippen LogP contribution in [0.1, 0.15) is 37.8 Å². The van der Waals surface area contributed by atoms with E-state index in [1.165, 1.54) is 0 Å². The van der Waals surface area contributed by atoms with Gasteiger partial charge in [0, 0.05) is 10.9 Å². The maximum Gasteiger partial charge on any atom is 0.220 e. The third kappa shape index (κ3) is 4.28. The van der Waals surface area contributed by atoms with E-state index in [-0.39, 0.29) is 17.9 Å². The van der Waals surface area contributed by atoms with E-state index in [4.69, 9.17) is 5.14 Å². The van der Waals surface area contributed by atoms with Crippen LogP contribution >= 0.6 is 15.9 Å². The second kappa shape index (κ2) is 6.46. The largest absolute Gasteiger partial charge is 0.349 e. The summed E-state index contributed by atoms with van der Waals surface area (Å²) in [7, 11) is -3.55. The van der Waals surface area contributed by atoms with Gasteiger partial charge in [-0.05, 0) is 43.4 Å². The van der Waals surface area contributed by atoms with Gasteiger partial charge >= 0.3 is 0 Å². The van der Waals surface area contributed by atoms with Crippen LogP contribution in [0.5, 0.6) is 0 Å². The molecule has 0 aromatic heterocycles. The van der Waals surface area contributed by atoms with Crippen molar-refractivity contribution >= 4 is 31.9 Å². The summed E-state index contributed by atoms with van der Waals surface area (Å²) >= 11 is 3.38. The van der Waals surface area contributed by atoms with E-state index >= 15 is 0 Å². The number of carbonyl (C=O) groups excluding carboxylic acids is 1. The van der Waals surface area contributed by atoms with Gasteiger partial charge in [-0.3, -0.25) is 4.79 Å². The minimum absolute atomic E-state index is 0.00225. The Morgan fingerprint density at radius 2 is 2.00 bits per heavy atom. The van der Waals surface area contributed by atoms with Crippen molar-refractivity contribution in [3.63, 3.8) is 0 Å². The van der Waals surface area contributed by atoms with Crippen molar-refractivity contribution in [3.8, 4) is 0 Å². The number of benzene rings is 1. The summed E-state index contributed by atoms with van der Waals surface area (Å²) in [5, 5.41) is 7.56. The zero-order valence-electron chi connectivity index (χ0n) is 11.8. The highest BCUT2D eigenvalue weighted by molar-refractivity contribution is 9.10. The van der Waals surface area contributed by atoms with Crippen molar-refractivity contribution in [2.24, 2.45) is 11.1 Å². The molecule has 2 rings (SSSR count). The minimum Gasteiger partial charge on any atom is -0.349 e. The smallest absolute Gasteiger partial charge is 0.220 e. The summed E-state index contributed by atoms with van der Waals surface area (Å²) in [5.41, 5.74) is 0.984.